The fourth-order valence-corrected chi connectivity index (χ4v) is 2.99. The Bertz CT molecular complexity index is 920. The van der Waals surface area contributed by atoms with Crippen LogP contribution in [-0.4, -0.2) is 30.3 Å². The number of benzene rings is 2. The molecule has 0 unspecified atom stereocenters. The first-order valence-corrected chi connectivity index (χ1v) is 8.61. The van der Waals surface area contributed by atoms with Crippen molar-refractivity contribution in [3.05, 3.63) is 60.2 Å². The molecule has 0 aliphatic heterocycles. The maximum absolute atomic E-state index is 12.1. The molecule has 0 saturated heterocycles. The summed E-state index contributed by atoms with van der Waals surface area (Å²) in [6.45, 7) is 0. The third-order valence-corrected chi connectivity index (χ3v) is 4.43. The number of hydrogen-bond donors (Lipinski definition) is 1. The fraction of sp³-hybridized carbons (Fsp3) is 0.105. The van der Waals surface area contributed by atoms with Crippen LogP contribution in [-0.2, 0) is 4.79 Å². The molecule has 1 amide bonds. The Morgan fingerprint density at radius 3 is 2.54 bits per heavy atom. The topological polar surface area (TPSA) is 73.3 Å². The van der Waals surface area contributed by atoms with Gasteiger partial charge in [-0.1, -0.05) is 29.5 Å². The van der Waals surface area contributed by atoms with Gasteiger partial charge in [0.15, 0.2) is 0 Å². The Hall–Kier alpha value is -3.19. The Morgan fingerprint density at radius 1 is 1.04 bits per heavy atom. The average molecular weight is 367 g/mol. The number of para-hydroxylation sites is 1. The van der Waals surface area contributed by atoms with Crippen LogP contribution in [0.15, 0.2) is 54.6 Å². The highest BCUT2D eigenvalue weighted by Gasteiger charge is 2.08. The van der Waals surface area contributed by atoms with Gasteiger partial charge < -0.3 is 9.47 Å². The molecule has 0 spiro atoms. The number of methoxy groups -OCH3 is 2. The number of aromatic nitrogens is 2. The van der Waals surface area contributed by atoms with Crippen LogP contribution < -0.4 is 14.8 Å². The van der Waals surface area contributed by atoms with Crippen LogP contribution in [0.25, 0.3) is 16.6 Å². The van der Waals surface area contributed by atoms with E-state index in [0.29, 0.717) is 10.9 Å². The molecule has 0 aliphatic carbocycles. The predicted octanol–water partition coefficient (Wildman–Crippen LogP) is 3.87. The zero-order chi connectivity index (χ0) is 18.4. The molecule has 1 aromatic heterocycles. The first-order valence-electron chi connectivity index (χ1n) is 7.79. The quantitative estimate of drug-likeness (QED) is 0.670. The molecule has 0 bridgehead atoms. The highest BCUT2D eigenvalue weighted by atomic mass is 32.1. The van der Waals surface area contributed by atoms with Crippen molar-refractivity contribution in [2.24, 2.45) is 0 Å². The summed E-state index contributed by atoms with van der Waals surface area (Å²) in [7, 11) is 3.21. The Balaban J connectivity index is 1.66. The van der Waals surface area contributed by atoms with E-state index in [4.69, 9.17) is 9.47 Å². The number of hydrogen-bond acceptors (Lipinski definition) is 6. The van der Waals surface area contributed by atoms with Crippen LogP contribution in [0.2, 0.25) is 0 Å². The van der Waals surface area contributed by atoms with Crippen molar-refractivity contribution in [2.75, 3.05) is 19.5 Å². The van der Waals surface area contributed by atoms with E-state index >= 15 is 0 Å². The zero-order valence-electron chi connectivity index (χ0n) is 14.3. The van der Waals surface area contributed by atoms with E-state index in [1.54, 1.807) is 20.3 Å². The number of nitrogens with one attached hydrogen (secondary N) is 1. The summed E-state index contributed by atoms with van der Waals surface area (Å²) in [4.78, 5) is 12.1. The lowest BCUT2D eigenvalue weighted by Gasteiger charge is -2.03. The molecule has 1 heterocycles. The van der Waals surface area contributed by atoms with Gasteiger partial charge in [0.05, 0.1) is 14.2 Å². The molecule has 6 nitrogen and oxygen atoms in total. The maximum Gasteiger partial charge on any atom is 0.250 e. The molecule has 0 radical (unpaired) electrons. The van der Waals surface area contributed by atoms with Crippen molar-refractivity contribution in [3.8, 4) is 22.1 Å². The third kappa shape index (κ3) is 4.25. The van der Waals surface area contributed by atoms with E-state index in [1.165, 1.54) is 17.4 Å². The molecule has 0 saturated carbocycles. The van der Waals surface area contributed by atoms with Crippen LogP contribution in [0.1, 0.15) is 5.56 Å². The SMILES string of the molecule is COc1ccc(-c2nnc(NC(=O)/C=C/c3ccccc3OC)s2)cc1. The zero-order valence-corrected chi connectivity index (χ0v) is 15.1. The van der Waals surface area contributed by atoms with Crippen molar-refractivity contribution < 1.29 is 14.3 Å². The highest BCUT2D eigenvalue weighted by Crippen LogP contribution is 2.27. The Labute approximate surface area is 155 Å². The lowest BCUT2D eigenvalue weighted by molar-refractivity contribution is -0.111. The highest BCUT2D eigenvalue weighted by molar-refractivity contribution is 7.18. The fourth-order valence-electron chi connectivity index (χ4n) is 2.24. The van der Waals surface area contributed by atoms with Gasteiger partial charge in [0.2, 0.25) is 11.0 Å². The van der Waals surface area contributed by atoms with Crippen LogP contribution in [0.5, 0.6) is 11.5 Å². The Morgan fingerprint density at radius 2 is 1.81 bits per heavy atom. The van der Waals surface area contributed by atoms with E-state index in [2.05, 4.69) is 15.5 Å². The normalized spacial score (nSPS) is 10.7. The van der Waals surface area contributed by atoms with Crippen molar-refractivity contribution in [3.63, 3.8) is 0 Å². The van der Waals surface area contributed by atoms with Gasteiger partial charge in [-0.05, 0) is 36.4 Å². The lowest BCUT2D eigenvalue weighted by atomic mass is 10.2. The second kappa shape index (κ2) is 8.26. The smallest absolute Gasteiger partial charge is 0.250 e. The molecule has 1 N–H and O–H groups in total. The van der Waals surface area contributed by atoms with Crippen molar-refractivity contribution in [1.29, 1.82) is 0 Å². The van der Waals surface area contributed by atoms with Crippen molar-refractivity contribution in [2.45, 2.75) is 0 Å². The second-order valence-corrected chi connectivity index (χ2v) is 6.18. The first-order chi connectivity index (χ1) is 12.7. The first kappa shape index (κ1) is 17.6. The molecule has 0 fully saturated rings. The average Bonchev–Trinajstić information content (AvgIpc) is 3.15. The monoisotopic (exact) mass is 367 g/mol. The van der Waals surface area contributed by atoms with Crippen LogP contribution in [0.4, 0.5) is 5.13 Å². The van der Waals surface area contributed by atoms with E-state index in [9.17, 15) is 4.79 Å². The second-order valence-electron chi connectivity index (χ2n) is 5.21. The molecular formula is C19H17N3O3S. The van der Waals surface area contributed by atoms with Gasteiger partial charge in [-0.25, -0.2) is 0 Å². The van der Waals surface area contributed by atoms with Gasteiger partial charge in [-0.3, -0.25) is 10.1 Å². The molecule has 0 aliphatic rings. The summed E-state index contributed by atoms with van der Waals surface area (Å²) in [6.07, 6.45) is 3.13. The molecule has 2 aromatic carbocycles. The summed E-state index contributed by atoms with van der Waals surface area (Å²) in [5, 5.41) is 12.0. The summed E-state index contributed by atoms with van der Waals surface area (Å²) in [6, 6.07) is 15.0. The molecule has 26 heavy (non-hydrogen) atoms. The van der Waals surface area contributed by atoms with Crippen LogP contribution in [0.3, 0.4) is 0 Å². The molecule has 132 valence electrons. The molecular weight excluding hydrogens is 350 g/mol. The predicted molar refractivity (Wildman–Crippen MR) is 103 cm³/mol. The van der Waals surface area contributed by atoms with E-state index in [-0.39, 0.29) is 5.91 Å². The maximum atomic E-state index is 12.1. The number of nitrogens with zero attached hydrogens (tertiary/aromatic N) is 2. The largest absolute Gasteiger partial charge is 0.497 e. The van der Waals surface area contributed by atoms with Gasteiger partial charge in [-0.2, -0.15) is 0 Å². The molecule has 3 rings (SSSR count). The van der Waals surface area contributed by atoms with Crippen molar-refractivity contribution in [1.82, 2.24) is 10.2 Å². The minimum absolute atomic E-state index is 0.284. The molecule has 3 aromatic rings. The minimum Gasteiger partial charge on any atom is -0.497 e. The minimum atomic E-state index is -0.284. The third-order valence-electron chi connectivity index (χ3n) is 3.55. The number of carbonyl (C=O) groups is 1. The summed E-state index contributed by atoms with van der Waals surface area (Å²) >= 11 is 1.30. The summed E-state index contributed by atoms with van der Waals surface area (Å²) in [5.74, 6) is 1.19. The lowest BCUT2D eigenvalue weighted by Crippen LogP contribution is -2.07. The number of anilines is 1. The van der Waals surface area contributed by atoms with Crippen LogP contribution in [0, 0.1) is 0 Å². The van der Waals surface area contributed by atoms with E-state index < -0.39 is 0 Å². The van der Waals surface area contributed by atoms with Gasteiger partial charge in [0, 0.05) is 17.2 Å². The van der Waals surface area contributed by atoms with Gasteiger partial charge in [0.1, 0.15) is 16.5 Å². The van der Waals surface area contributed by atoms with Crippen molar-refractivity contribution >= 4 is 28.5 Å². The molecule has 0 atom stereocenters. The Kier molecular flexibility index (Phi) is 5.60. The van der Waals surface area contributed by atoms with E-state index in [0.717, 1.165) is 21.9 Å². The van der Waals surface area contributed by atoms with Gasteiger partial charge in [-0.15, -0.1) is 10.2 Å². The summed E-state index contributed by atoms with van der Waals surface area (Å²) in [5.41, 5.74) is 1.73. The van der Waals surface area contributed by atoms with Gasteiger partial charge in [0.25, 0.3) is 0 Å². The van der Waals surface area contributed by atoms with E-state index in [1.807, 2.05) is 48.5 Å². The number of amides is 1. The molecule has 7 heteroatoms. The summed E-state index contributed by atoms with van der Waals surface area (Å²) < 4.78 is 10.4. The van der Waals surface area contributed by atoms with Crippen LogP contribution >= 0.6 is 11.3 Å². The number of rotatable bonds is 6. The number of ether oxygens (including phenoxy) is 2. The number of carbonyl (C=O) groups excluding carboxylic acids is 1. The standard InChI is InChI=1S/C19H17N3O3S/c1-24-15-10-7-14(8-11-15)18-21-22-19(26-18)20-17(23)12-9-13-5-3-4-6-16(13)25-2/h3-12H,1-2H3,(H,20,22,23)/b12-9+. The van der Waals surface area contributed by atoms with Gasteiger partial charge >= 0.3 is 0 Å².